The summed E-state index contributed by atoms with van der Waals surface area (Å²) in [6.45, 7) is 9.41. The van der Waals surface area contributed by atoms with Crippen molar-refractivity contribution in [3.8, 4) is 0 Å². The lowest BCUT2D eigenvalue weighted by molar-refractivity contribution is -0.145. The van der Waals surface area contributed by atoms with E-state index in [9.17, 15) is 9.59 Å². The van der Waals surface area contributed by atoms with Gasteiger partial charge in [0.1, 0.15) is 0 Å². The van der Waals surface area contributed by atoms with Crippen LogP contribution >= 0.6 is 0 Å². The molecule has 0 spiro atoms. The molecule has 0 aliphatic carbocycles. The molecule has 2 rings (SSSR count). The van der Waals surface area contributed by atoms with Gasteiger partial charge in [-0.2, -0.15) is 0 Å². The van der Waals surface area contributed by atoms with Crippen LogP contribution in [0.15, 0.2) is 30.5 Å². The van der Waals surface area contributed by atoms with Crippen molar-refractivity contribution in [3.05, 3.63) is 47.3 Å². The predicted octanol–water partition coefficient (Wildman–Crippen LogP) is 2.09. The molecule has 1 heterocycles. The van der Waals surface area contributed by atoms with Gasteiger partial charge in [0, 0.05) is 38.4 Å². The number of ether oxygens (including phenoxy) is 2. The first kappa shape index (κ1) is 23.5. The Hall–Kier alpha value is -2.78. The molecule has 9 nitrogen and oxygen atoms in total. The average Bonchev–Trinajstić information content (AvgIpc) is 3.20. The number of hydrogen-bond acceptors (Lipinski definition) is 6. The molecular weight excluding hydrogens is 386 g/mol. The summed E-state index contributed by atoms with van der Waals surface area (Å²) in [7, 11) is 1.78. The highest BCUT2D eigenvalue weighted by Gasteiger charge is 2.16. The molecular formula is C21H31N5O4. The average molecular weight is 418 g/mol. The fourth-order valence-electron chi connectivity index (χ4n) is 2.65. The van der Waals surface area contributed by atoms with E-state index >= 15 is 0 Å². The van der Waals surface area contributed by atoms with Crippen LogP contribution in [-0.2, 0) is 22.6 Å². The van der Waals surface area contributed by atoms with E-state index in [1.54, 1.807) is 30.3 Å². The molecule has 1 aromatic carbocycles. The molecule has 0 aliphatic rings. The van der Waals surface area contributed by atoms with Crippen LogP contribution in [0.2, 0.25) is 0 Å². The fraction of sp³-hybridized carbons (Fsp3) is 0.524. The van der Waals surface area contributed by atoms with E-state index in [1.165, 1.54) is 4.68 Å². The molecule has 2 amide bonds. The maximum absolute atomic E-state index is 12.4. The fourth-order valence-corrected chi connectivity index (χ4v) is 2.65. The lowest BCUT2D eigenvalue weighted by atomic mass is 10.1. The molecule has 1 aromatic heterocycles. The molecule has 0 saturated carbocycles. The second kappa shape index (κ2) is 11.4. The van der Waals surface area contributed by atoms with Gasteiger partial charge in [-0.05, 0) is 45.4 Å². The van der Waals surface area contributed by atoms with Gasteiger partial charge in [-0.15, -0.1) is 5.10 Å². The van der Waals surface area contributed by atoms with Crippen molar-refractivity contribution in [3.63, 3.8) is 0 Å². The van der Waals surface area contributed by atoms with Crippen LogP contribution in [-0.4, -0.2) is 64.3 Å². The minimum absolute atomic E-state index is 0.0328. The zero-order chi connectivity index (χ0) is 22.1. The van der Waals surface area contributed by atoms with Crippen LogP contribution in [0.3, 0.4) is 0 Å². The van der Waals surface area contributed by atoms with Crippen LogP contribution in [0.4, 0.5) is 0 Å². The Morgan fingerprint density at radius 3 is 2.33 bits per heavy atom. The SMILES string of the molecule is CCOC(Cn1cc(C(=O)NCc2ccc(C(=O)N(C)C(C)C)cc2)nn1)OCC. The maximum atomic E-state index is 12.4. The first-order valence-corrected chi connectivity index (χ1v) is 10.1. The molecule has 0 aliphatic heterocycles. The molecule has 1 N–H and O–H groups in total. The highest BCUT2D eigenvalue weighted by Crippen LogP contribution is 2.09. The first-order valence-electron chi connectivity index (χ1n) is 10.1. The van der Waals surface area contributed by atoms with Gasteiger partial charge in [-0.25, -0.2) is 4.68 Å². The number of nitrogens with zero attached hydrogens (tertiary/aromatic N) is 4. The van der Waals surface area contributed by atoms with Crippen molar-refractivity contribution in [2.75, 3.05) is 20.3 Å². The van der Waals surface area contributed by atoms with Crippen molar-refractivity contribution >= 4 is 11.8 Å². The summed E-state index contributed by atoms with van der Waals surface area (Å²) < 4.78 is 12.5. The normalized spacial score (nSPS) is 11.2. The number of rotatable bonds is 11. The van der Waals surface area contributed by atoms with E-state index in [4.69, 9.17) is 9.47 Å². The van der Waals surface area contributed by atoms with Crippen molar-refractivity contribution in [1.29, 1.82) is 0 Å². The third-order valence-electron chi connectivity index (χ3n) is 4.56. The van der Waals surface area contributed by atoms with Gasteiger partial charge in [0.15, 0.2) is 12.0 Å². The van der Waals surface area contributed by atoms with E-state index in [0.29, 0.717) is 31.9 Å². The van der Waals surface area contributed by atoms with E-state index in [-0.39, 0.29) is 23.6 Å². The zero-order valence-corrected chi connectivity index (χ0v) is 18.3. The molecule has 0 fully saturated rings. The van der Waals surface area contributed by atoms with Crippen LogP contribution in [0, 0.1) is 0 Å². The number of aromatic nitrogens is 3. The van der Waals surface area contributed by atoms with Gasteiger partial charge in [0.2, 0.25) is 0 Å². The summed E-state index contributed by atoms with van der Waals surface area (Å²) >= 11 is 0. The Morgan fingerprint density at radius 1 is 1.13 bits per heavy atom. The van der Waals surface area contributed by atoms with Gasteiger partial charge in [-0.1, -0.05) is 17.3 Å². The Balaban J connectivity index is 1.90. The molecule has 2 aromatic rings. The van der Waals surface area contributed by atoms with E-state index in [0.717, 1.165) is 5.56 Å². The summed E-state index contributed by atoms with van der Waals surface area (Å²) in [5.41, 5.74) is 1.71. The molecule has 0 atom stereocenters. The van der Waals surface area contributed by atoms with Crippen molar-refractivity contribution in [2.24, 2.45) is 0 Å². The Bertz CT molecular complexity index is 813. The number of hydrogen-bond donors (Lipinski definition) is 1. The number of benzene rings is 1. The summed E-state index contributed by atoms with van der Waals surface area (Å²) in [5, 5.41) is 10.7. The number of carbonyl (C=O) groups excluding carboxylic acids is 2. The molecule has 9 heteroatoms. The molecule has 0 saturated heterocycles. The topological polar surface area (TPSA) is 98.6 Å². The summed E-state index contributed by atoms with van der Waals surface area (Å²) in [5.74, 6) is -0.361. The molecule has 0 unspecified atom stereocenters. The maximum Gasteiger partial charge on any atom is 0.273 e. The molecule has 30 heavy (non-hydrogen) atoms. The van der Waals surface area contributed by atoms with Gasteiger partial charge in [-0.3, -0.25) is 9.59 Å². The quantitative estimate of drug-likeness (QED) is 0.562. The number of amides is 2. The highest BCUT2D eigenvalue weighted by molar-refractivity contribution is 5.94. The number of nitrogens with one attached hydrogen (secondary N) is 1. The summed E-state index contributed by atoms with van der Waals surface area (Å²) in [6.07, 6.45) is 1.12. The third kappa shape index (κ3) is 6.64. The van der Waals surface area contributed by atoms with Crippen LogP contribution < -0.4 is 5.32 Å². The van der Waals surface area contributed by atoms with Crippen LogP contribution in [0.5, 0.6) is 0 Å². The van der Waals surface area contributed by atoms with Crippen LogP contribution in [0.1, 0.15) is 54.1 Å². The second-order valence-corrected chi connectivity index (χ2v) is 7.06. The van der Waals surface area contributed by atoms with Gasteiger partial charge in [0.05, 0.1) is 12.7 Å². The molecule has 0 radical (unpaired) electrons. The predicted molar refractivity (Wildman–Crippen MR) is 112 cm³/mol. The Labute approximate surface area is 177 Å². The van der Waals surface area contributed by atoms with Crippen molar-refractivity contribution < 1.29 is 19.1 Å². The largest absolute Gasteiger partial charge is 0.351 e. The van der Waals surface area contributed by atoms with E-state index in [1.807, 2.05) is 39.8 Å². The second-order valence-electron chi connectivity index (χ2n) is 7.06. The highest BCUT2D eigenvalue weighted by atomic mass is 16.7. The van der Waals surface area contributed by atoms with Crippen molar-refractivity contribution in [1.82, 2.24) is 25.2 Å². The van der Waals surface area contributed by atoms with Crippen LogP contribution in [0.25, 0.3) is 0 Å². The zero-order valence-electron chi connectivity index (χ0n) is 18.3. The monoisotopic (exact) mass is 417 g/mol. The minimum Gasteiger partial charge on any atom is -0.351 e. The standard InChI is InChI=1S/C21H31N5O4/c1-6-29-19(30-7-2)14-26-13-18(23-24-26)20(27)22-12-16-8-10-17(11-9-16)21(28)25(5)15(3)4/h8-11,13,15,19H,6-7,12,14H2,1-5H3,(H,22,27). The first-order chi connectivity index (χ1) is 14.3. The smallest absolute Gasteiger partial charge is 0.273 e. The number of carbonyl (C=O) groups is 2. The summed E-state index contributed by atoms with van der Waals surface area (Å²) in [6, 6.07) is 7.31. The van der Waals surface area contributed by atoms with Gasteiger partial charge in [0.25, 0.3) is 11.8 Å². The van der Waals surface area contributed by atoms with Gasteiger partial charge >= 0.3 is 0 Å². The minimum atomic E-state index is -0.437. The lowest BCUT2D eigenvalue weighted by Crippen LogP contribution is -2.32. The van der Waals surface area contributed by atoms with Crippen molar-refractivity contribution in [2.45, 2.75) is 53.1 Å². The van der Waals surface area contributed by atoms with E-state index < -0.39 is 6.29 Å². The Morgan fingerprint density at radius 2 is 1.77 bits per heavy atom. The Kier molecular flexibility index (Phi) is 8.94. The lowest BCUT2D eigenvalue weighted by Gasteiger charge is -2.21. The molecule has 0 bridgehead atoms. The van der Waals surface area contributed by atoms with E-state index in [2.05, 4.69) is 15.6 Å². The molecule has 164 valence electrons. The summed E-state index contributed by atoms with van der Waals surface area (Å²) in [4.78, 5) is 26.4. The van der Waals surface area contributed by atoms with Gasteiger partial charge < -0.3 is 19.7 Å². The third-order valence-corrected chi connectivity index (χ3v) is 4.56.